The Morgan fingerprint density at radius 3 is 2.81 bits per heavy atom. The van der Waals surface area contributed by atoms with E-state index in [0.29, 0.717) is 17.9 Å². The van der Waals surface area contributed by atoms with Crippen molar-refractivity contribution >= 4 is 11.6 Å². The monoisotopic (exact) mass is 247 g/mol. The number of aliphatic hydroxyl groups is 1. The van der Waals surface area contributed by atoms with Gasteiger partial charge in [0.15, 0.2) is 0 Å². The van der Waals surface area contributed by atoms with E-state index >= 15 is 0 Å². The van der Waals surface area contributed by atoms with Crippen molar-refractivity contribution < 1.29 is 10.0 Å². The number of halogens is 1. The van der Waals surface area contributed by atoms with Crippen LogP contribution in [0.5, 0.6) is 0 Å². The Morgan fingerprint density at radius 1 is 1.69 bits per heavy atom. The maximum Gasteiger partial charge on any atom is 0.271 e. The SMILES string of the molecule is NC1=C([N+](=O)[O-])CC(N)(CCCO)C(Cl)=C1. The van der Waals surface area contributed by atoms with Crippen LogP contribution in [-0.2, 0) is 0 Å². The zero-order valence-electron chi connectivity index (χ0n) is 8.65. The lowest BCUT2D eigenvalue weighted by Gasteiger charge is -2.30. The van der Waals surface area contributed by atoms with Gasteiger partial charge < -0.3 is 16.6 Å². The van der Waals surface area contributed by atoms with Crippen LogP contribution >= 0.6 is 11.6 Å². The fraction of sp³-hybridized carbons (Fsp3) is 0.556. The Bertz CT molecular complexity index is 367. The Morgan fingerprint density at radius 2 is 2.31 bits per heavy atom. The molecule has 0 spiro atoms. The lowest BCUT2D eigenvalue weighted by atomic mass is 9.85. The molecule has 0 aromatic rings. The summed E-state index contributed by atoms with van der Waals surface area (Å²) in [7, 11) is 0. The molecule has 0 bridgehead atoms. The molecule has 0 aromatic heterocycles. The van der Waals surface area contributed by atoms with Crippen molar-refractivity contribution in [2.24, 2.45) is 11.5 Å². The molecule has 5 N–H and O–H groups in total. The van der Waals surface area contributed by atoms with Crippen molar-refractivity contribution in [2.45, 2.75) is 24.8 Å². The number of nitrogens with two attached hydrogens (primary N) is 2. The fourth-order valence-electron chi connectivity index (χ4n) is 1.62. The van der Waals surface area contributed by atoms with Gasteiger partial charge in [0.2, 0.25) is 0 Å². The standard InChI is InChI=1S/C9H14ClN3O3/c10-8-4-6(11)7(13(15)16)5-9(8,12)2-1-3-14/h4,14H,1-3,5,11-12H2. The number of hydrogen-bond acceptors (Lipinski definition) is 5. The van der Waals surface area contributed by atoms with Gasteiger partial charge in [-0.1, -0.05) is 11.6 Å². The minimum Gasteiger partial charge on any atom is -0.396 e. The highest BCUT2D eigenvalue weighted by Crippen LogP contribution is 2.35. The molecule has 1 rings (SSSR count). The number of allylic oxidation sites excluding steroid dienone is 1. The van der Waals surface area contributed by atoms with E-state index in [2.05, 4.69) is 0 Å². The molecule has 1 unspecified atom stereocenters. The molecule has 0 aromatic carbocycles. The summed E-state index contributed by atoms with van der Waals surface area (Å²) < 4.78 is 0. The first kappa shape index (κ1) is 13.0. The molecule has 0 saturated carbocycles. The third-order valence-corrected chi connectivity index (χ3v) is 3.06. The van der Waals surface area contributed by atoms with Gasteiger partial charge in [-0.2, -0.15) is 0 Å². The second kappa shape index (κ2) is 4.82. The highest BCUT2D eigenvalue weighted by Gasteiger charge is 2.38. The van der Waals surface area contributed by atoms with Gasteiger partial charge in [-0.15, -0.1) is 0 Å². The summed E-state index contributed by atoms with van der Waals surface area (Å²) in [5.41, 5.74) is 10.4. The van der Waals surface area contributed by atoms with Crippen LogP contribution in [0.2, 0.25) is 0 Å². The van der Waals surface area contributed by atoms with Gasteiger partial charge in [-0.25, -0.2) is 0 Å². The quantitative estimate of drug-likeness (QED) is 0.492. The first-order chi connectivity index (χ1) is 7.40. The topological polar surface area (TPSA) is 115 Å². The molecule has 90 valence electrons. The van der Waals surface area contributed by atoms with Gasteiger partial charge in [0, 0.05) is 11.6 Å². The summed E-state index contributed by atoms with van der Waals surface area (Å²) in [6.07, 6.45) is 2.12. The summed E-state index contributed by atoms with van der Waals surface area (Å²) in [6, 6.07) is 0. The summed E-state index contributed by atoms with van der Waals surface area (Å²) in [5.74, 6) is 0. The van der Waals surface area contributed by atoms with Crippen molar-refractivity contribution in [1.29, 1.82) is 0 Å². The van der Waals surface area contributed by atoms with Crippen molar-refractivity contribution in [3.63, 3.8) is 0 Å². The maximum absolute atomic E-state index is 10.7. The van der Waals surface area contributed by atoms with E-state index in [9.17, 15) is 10.1 Å². The molecule has 0 amide bonds. The smallest absolute Gasteiger partial charge is 0.271 e. The summed E-state index contributed by atoms with van der Waals surface area (Å²) >= 11 is 5.94. The third-order valence-electron chi connectivity index (χ3n) is 2.58. The predicted molar refractivity (Wildman–Crippen MR) is 60.0 cm³/mol. The largest absolute Gasteiger partial charge is 0.396 e. The molecule has 0 heterocycles. The van der Waals surface area contributed by atoms with E-state index in [0.717, 1.165) is 0 Å². The lowest BCUT2D eigenvalue weighted by molar-refractivity contribution is -0.430. The molecule has 0 aliphatic heterocycles. The Kier molecular flexibility index (Phi) is 3.90. The van der Waals surface area contributed by atoms with Gasteiger partial charge in [-0.05, 0) is 18.9 Å². The van der Waals surface area contributed by atoms with Crippen LogP contribution in [0.25, 0.3) is 0 Å². The summed E-state index contributed by atoms with van der Waals surface area (Å²) in [5, 5.41) is 19.8. The molecular weight excluding hydrogens is 234 g/mol. The maximum atomic E-state index is 10.7. The highest BCUT2D eigenvalue weighted by molar-refractivity contribution is 6.31. The van der Waals surface area contributed by atoms with Gasteiger partial charge >= 0.3 is 0 Å². The van der Waals surface area contributed by atoms with Crippen LogP contribution in [-0.4, -0.2) is 22.2 Å². The van der Waals surface area contributed by atoms with Crippen LogP contribution in [0.4, 0.5) is 0 Å². The molecule has 1 aliphatic carbocycles. The van der Waals surface area contributed by atoms with Crippen LogP contribution < -0.4 is 11.5 Å². The molecule has 1 atom stereocenters. The van der Waals surface area contributed by atoms with E-state index < -0.39 is 10.5 Å². The van der Waals surface area contributed by atoms with Gasteiger partial charge in [0.1, 0.15) is 5.70 Å². The minimum atomic E-state index is -0.991. The zero-order valence-corrected chi connectivity index (χ0v) is 9.41. The van der Waals surface area contributed by atoms with Gasteiger partial charge in [0.25, 0.3) is 5.70 Å². The second-order valence-corrected chi connectivity index (χ2v) is 4.22. The number of nitro groups is 1. The molecule has 16 heavy (non-hydrogen) atoms. The van der Waals surface area contributed by atoms with E-state index in [-0.39, 0.29) is 24.4 Å². The molecule has 0 fully saturated rings. The van der Waals surface area contributed by atoms with E-state index in [1.807, 2.05) is 0 Å². The molecule has 0 saturated heterocycles. The number of hydrogen-bond donors (Lipinski definition) is 3. The van der Waals surface area contributed by atoms with E-state index in [1.165, 1.54) is 6.08 Å². The summed E-state index contributed by atoms with van der Waals surface area (Å²) in [4.78, 5) is 10.2. The normalized spacial score (nSPS) is 25.6. The van der Waals surface area contributed by atoms with Gasteiger partial charge in [-0.3, -0.25) is 10.1 Å². The average Bonchev–Trinajstić information content (AvgIpc) is 2.21. The molecule has 1 aliphatic rings. The molecule has 6 nitrogen and oxygen atoms in total. The van der Waals surface area contributed by atoms with Crippen LogP contribution in [0, 0.1) is 10.1 Å². The number of rotatable bonds is 4. The third kappa shape index (κ3) is 2.52. The summed E-state index contributed by atoms with van der Waals surface area (Å²) in [6.45, 7) is -0.0316. The van der Waals surface area contributed by atoms with Crippen LogP contribution in [0.3, 0.4) is 0 Å². The van der Waals surface area contributed by atoms with Crippen LogP contribution in [0.15, 0.2) is 22.5 Å². The fourth-order valence-corrected chi connectivity index (χ4v) is 1.90. The number of nitrogens with zero attached hydrogens (tertiary/aromatic N) is 1. The minimum absolute atomic E-state index is 0.0127. The first-order valence-corrected chi connectivity index (χ1v) is 5.19. The first-order valence-electron chi connectivity index (χ1n) is 4.81. The number of aliphatic hydroxyl groups excluding tert-OH is 1. The van der Waals surface area contributed by atoms with Crippen LogP contribution in [0.1, 0.15) is 19.3 Å². The lowest BCUT2D eigenvalue weighted by Crippen LogP contribution is -2.44. The Labute approximate surface area is 97.7 Å². The van der Waals surface area contributed by atoms with Crippen molar-refractivity contribution in [3.05, 3.63) is 32.6 Å². The van der Waals surface area contributed by atoms with Crippen molar-refractivity contribution in [1.82, 2.24) is 0 Å². The average molecular weight is 248 g/mol. The van der Waals surface area contributed by atoms with Crippen molar-refractivity contribution in [2.75, 3.05) is 6.61 Å². The highest BCUT2D eigenvalue weighted by atomic mass is 35.5. The Balaban J connectivity index is 2.96. The van der Waals surface area contributed by atoms with E-state index in [4.69, 9.17) is 28.2 Å². The molecule has 7 heteroatoms. The van der Waals surface area contributed by atoms with Gasteiger partial charge in [0.05, 0.1) is 16.9 Å². The Hall–Kier alpha value is -1.11. The second-order valence-electron chi connectivity index (χ2n) is 3.81. The zero-order chi connectivity index (χ0) is 12.3. The molecule has 0 radical (unpaired) electrons. The predicted octanol–water partition coefficient (Wildman–Crippen LogP) is 0.430. The van der Waals surface area contributed by atoms with Crippen molar-refractivity contribution in [3.8, 4) is 0 Å². The van der Waals surface area contributed by atoms with E-state index in [1.54, 1.807) is 0 Å². The molecular formula is C9H14ClN3O3.